The summed E-state index contributed by atoms with van der Waals surface area (Å²) in [6, 6.07) is 5.99. The molecule has 0 radical (unpaired) electrons. The van der Waals surface area contributed by atoms with Crippen LogP contribution in [-0.2, 0) is 18.0 Å². The van der Waals surface area contributed by atoms with Crippen LogP contribution in [0.2, 0.25) is 0 Å². The van der Waals surface area contributed by atoms with Gasteiger partial charge in [0.1, 0.15) is 0 Å². The van der Waals surface area contributed by atoms with Gasteiger partial charge in [-0.3, -0.25) is 4.79 Å². The lowest BCUT2D eigenvalue weighted by atomic mass is 10.00. The molecule has 0 saturated carbocycles. The Morgan fingerprint density at radius 1 is 1.11 bits per heavy atom. The Bertz CT molecular complexity index is 410. The third-order valence-corrected chi connectivity index (χ3v) is 3.55. The van der Waals surface area contributed by atoms with E-state index in [4.69, 9.17) is 4.74 Å². The highest BCUT2D eigenvalue weighted by atomic mass is 16.5. The first-order valence-corrected chi connectivity index (χ1v) is 7.04. The number of carbonyl (C=O) groups is 1. The van der Waals surface area contributed by atoms with Crippen molar-refractivity contribution < 1.29 is 9.53 Å². The van der Waals surface area contributed by atoms with Gasteiger partial charge in [-0.05, 0) is 23.6 Å². The zero-order chi connectivity index (χ0) is 12.8. The highest BCUT2D eigenvalue weighted by Crippen LogP contribution is 2.22. The van der Waals surface area contributed by atoms with E-state index in [-0.39, 0.29) is 5.78 Å². The van der Waals surface area contributed by atoms with Crippen LogP contribution < -0.4 is 0 Å². The molecule has 0 aliphatic carbocycles. The van der Waals surface area contributed by atoms with Gasteiger partial charge in [0.2, 0.25) is 0 Å². The number of unbranched alkanes of at least 4 members (excludes halogenated alkanes) is 4. The molecule has 2 heteroatoms. The van der Waals surface area contributed by atoms with Crippen molar-refractivity contribution in [1.29, 1.82) is 0 Å². The lowest BCUT2D eigenvalue weighted by Gasteiger charge is -2.03. The molecule has 1 aliphatic rings. The molecule has 1 aromatic rings. The van der Waals surface area contributed by atoms with Crippen LogP contribution in [0.5, 0.6) is 0 Å². The van der Waals surface area contributed by atoms with Gasteiger partial charge in [-0.25, -0.2) is 0 Å². The molecular formula is C16H22O2. The first kappa shape index (κ1) is 13.3. The maximum Gasteiger partial charge on any atom is 0.162 e. The van der Waals surface area contributed by atoms with Crippen LogP contribution in [0.3, 0.4) is 0 Å². The van der Waals surface area contributed by atoms with Crippen molar-refractivity contribution in [2.24, 2.45) is 0 Å². The zero-order valence-electron chi connectivity index (χ0n) is 11.2. The maximum atomic E-state index is 12.0. The molecule has 2 rings (SSSR count). The van der Waals surface area contributed by atoms with Gasteiger partial charge in [-0.1, -0.05) is 44.7 Å². The molecule has 1 aromatic carbocycles. The van der Waals surface area contributed by atoms with Gasteiger partial charge in [-0.15, -0.1) is 0 Å². The van der Waals surface area contributed by atoms with Crippen molar-refractivity contribution in [2.45, 2.75) is 58.7 Å². The second kappa shape index (κ2) is 6.69. The predicted octanol–water partition coefficient (Wildman–Crippen LogP) is 4.26. The maximum absolute atomic E-state index is 12.0. The van der Waals surface area contributed by atoms with Crippen LogP contribution in [0, 0.1) is 0 Å². The summed E-state index contributed by atoms with van der Waals surface area (Å²) in [6.45, 7) is 3.56. The van der Waals surface area contributed by atoms with E-state index in [1.807, 2.05) is 18.2 Å². The predicted molar refractivity (Wildman–Crippen MR) is 72.6 cm³/mol. The summed E-state index contributed by atoms with van der Waals surface area (Å²) < 4.78 is 5.36. The number of carbonyl (C=O) groups excluding carboxylic acids is 1. The van der Waals surface area contributed by atoms with Crippen molar-refractivity contribution in [2.75, 3.05) is 0 Å². The molecule has 0 fully saturated rings. The normalized spacial score (nSPS) is 13.6. The van der Waals surface area contributed by atoms with Crippen molar-refractivity contribution >= 4 is 5.78 Å². The van der Waals surface area contributed by atoms with Gasteiger partial charge < -0.3 is 4.74 Å². The van der Waals surface area contributed by atoms with Crippen LogP contribution >= 0.6 is 0 Å². The van der Waals surface area contributed by atoms with Crippen LogP contribution in [0.1, 0.15) is 66.9 Å². The lowest BCUT2D eigenvalue weighted by molar-refractivity contribution is 0.0979. The van der Waals surface area contributed by atoms with Crippen molar-refractivity contribution in [3.05, 3.63) is 34.9 Å². The summed E-state index contributed by atoms with van der Waals surface area (Å²) >= 11 is 0. The van der Waals surface area contributed by atoms with Gasteiger partial charge in [0.05, 0.1) is 13.2 Å². The third-order valence-electron chi connectivity index (χ3n) is 3.55. The molecular weight excluding hydrogens is 224 g/mol. The van der Waals surface area contributed by atoms with Gasteiger partial charge in [0, 0.05) is 12.0 Å². The van der Waals surface area contributed by atoms with E-state index < -0.39 is 0 Å². The van der Waals surface area contributed by atoms with Crippen molar-refractivity contribution in [3.63, 3.8) is 0 Å². The van der Waals surface area contributed by atoms with Crippen LogP contribution in [0.4, 0.5) is 0 Å². The minimum Gasteiger partial charge on any atom is -0.372 e. The molecule has 98 valence electrons. The van der Waals surface area contributed by atoms with Gasteiger partial charge in [0.25, 0.3) is 0 Å². The van der Waals surface area contributed by atoms with Gasteiger partial charge in [-0.2, -0.15) is 0 Å². The number of hydrogen-bond donors (Lipinski definition) is 0. The van der Waals surface area contributed by atoms with Crippen molar-refractivity contribution in [1.82, 2.24) is 0 Å². The van der Waals surface area contributed by atoms with Gasteiger partial charge >= 0.3 is 0 Å². The van der Waals surface area contributed by atoms with E-state index in [2.05, 4.69) is 6.92 Å². The number of ketones is 1. The Morgan fingerprint density at radius 2 is 1.89 bits per heavy atom. The molecule has 1 aliphatic heterocycles. The van der Waals surface area contributed by atoms with E-state index in [9.17, 15) is 4.79 Å². The van der Waals surface area contributed by atoms with E-state index in [1.165, 1.54) is 36.8 Å². The molecule has 0 amide bonds. The fourth-order valence-corrected chi connectivity index (χ4v) is 2.38. The molecule has 0 atom stereocenters. The smallest absolute Gasteiger partial charge is 0.162 e. The summed E-state index contributed by atoms with van der Waals surface area (Å²) in [4.78, 5) is 12.0. The molecule has 0 saturated heterocycles. The fourth-order valence-electron chi connectivity index (χ4n) is 2.38. The van der Waals surface area contributed by atoms with Crippen LogP contribution in [0.25, 0.3) is 0 Å². The van der Waals surface area contributed by atoms with E-state index >= 15 is 0 Å². The summed E-state index contributed by atoms with van der Waals surface area (Å²) in [7, 11) is 0. The van der Waals surface area contributed by atoms with E-state index in [0.29, 0.717) is 19.6 Å². The molecule has 1 heterocycles. The average Bonchev–Trinajstić information content (AvgIpc) is 2.85. The first-order valence-electron chi connectivity index (χ1n) is 7.04. The molecule has 0 aromatic heterocycles. The Morgan fingerprint density at radius 3 is 2.72 bits per heavy atom. The van der Waals surface area contributed by atoms with Crippen LogP contribution in [0.15, 0.2) is 18.2 Å². The summed E-state index contributed by atoms with van der Waals surface area (Å²) in [6.07, 6.45) is 6.66. The third kappa shape index (κ3) is 3.42. The molecule has 0 spiro atoms. The SMILES string of the molecule is CCCCCCCC(=O)c1ccc2c(c1)COC2. The summed E-state index contributed by atoms with van der Waals surface area (Å²) in [5.74, 6) is 0.279. The van der Waals surface area contributed by atoms with E-state index in [1.54, 1.807) is 0 Å². The Kier molecular flexibility index (Phi) is 4.94. The molecule has 0 bridgehead atoms. The Balaban J connectivity index is 1.82. The molecule has 0 N–H and O–H groups in total. The van der Waals surface area contributed by atoms with Crippen molar-refractivity contribution in [3.8, 4) is 0 Å². The lowest BCUT2D eigenvalue weighted by Crippen LogP contribution is -2.00. The highest BCUT2D eigenvalue weighted by Gasteiger charge is 2.13. The number of fused-ring (bicyclic) bond motifs is 1. The quantitative estimate of drug-likeness (QED) is 0.531. The summed E-state index contributed by atoms with van der Waals surface area (Å²) in [5, 5.41) is 0. The molecule has 18 heavy (non-hydrogen) atoms. The van der Waals surface area contributed by atoms with Crippen LogP contribution in [-0.4, -0.2) is 5.78 Å². The topological polar surface area (TPSA) is 26.3 Å². The zero-order valence-corrected chi connectivity index (χ0v) is 11.2. The number of hydrogen-bond acceptors (Lipinski definition) is 2. The van der Waals surface area contributed by atoms with E-state index in [0.717, 1.165) is 12.0 Å². The number of benzene rings is 1. The minimum absolute atomic E-state index is 0.279. The summed E-state index contributed by atoms with van der Waals surface area (Å²) in [5.41, 5.74) is 3.27. The first-order chi connectivity index (χ1) is 8.81. The number of rotatable bonds is 7. The fraction of sp³-hybridized carbons (Fsp3) is 0.562. The standard InChI is InChI=1S/C16H22O2/c1-2-3-4-5-6-7-16(17)13-8-9-14-11-18-12-15(14)10-13/h8-10H,2-7,11-12H2,1H3. The van der Waals surface area contributed by atoms with Gasteiger partial charge in [0.15, 0.2) is 5.78 Å². The minimum atomic E-state index is 0.279. The Hall–Kier alpha value is -1.15. The number of Topliss-reactive ketones (excluding diaryl/α,β-unsaturated/α-hetero) is 1. The Labute approximate surface area is 109 Å². The largest absolute Gasteiger partial charge is 0.372 e. The second-order valence-corrected chi connectivity index (χ2v) is 5.06. The molecule has 0 unspecified atom stereocenters. The molecule has 2 nitrogen and oxygen atoms in total. The monoisotopic (exact) mass is 246 g/mol. The second-order valence-electron chi connectivity index (χ2n) is 5.06. The highest BCUT2D eigenvalue weighted by molar-refractivity contribution is 5.96. The average molecular weight is 246 g/mol. The number of ether oxygens (including phenoxy) is 1.